The highest BCUT2D eigenvalue weighted by atomic mass is 16.5. The molecule has 8 nitrogen and oxygen atoms in total. The zero-order valence-electron chi connectivity index (χ0n) is 15.4. The quantitative estimate of drug-likeness (QED) is 0.724. The van der Waals surface area contributed by atoms with Gasteiger partial charge < -0.3 is 15.4 Å². The van der Waals surface area contributed by atoms with Crippen LogP contribution < -0.4 is 10.6 Å². The maximum absolute atomic E-state index is 12.2. The Hall–Kier alpha value is -3.42. The lowest BCUT2D eigenvalue weighted by atomic mass is 10.0. The number of fused-ring (bicyclic) bond motifs is 1. The largest absolute Gasteiger partial charge is 0.451 e. The highest BCUT2D eigenvalue weighted by Crippen LogP contribution is 2.18. The third-order valence-electron chi connectivity index (χ3n) is 4.44. The first kappa shape index (κ1) is 19.3. The van der Waals surface area contributed by atoms with E-state index in [1.807, 2.05) is 42.5 Å². The fourth-order valence-electron chi connectivity index (χ4n) is 3.04. The normalized spacial score (nSPS) is 14.5. The third-order valence-corrected chi connectivity index (χ3v) is 4.44. The Bertz CT molecular complexity index is 922. The lowest BCUT2D eigenvalue weighted by molar-refractivity contribution is -0.157. The van der Waals surface area contributed by atoms with Gasteiger partial charge in [-0.15, -0.1) is 0 Å². The first-order valence-electron chi connectivity index (χ1n) is 8.97. The average molecular weight is 383 g/mol. The van der Waals surface area contributed by atoms with Crippen LogP contribution in [0.15, 0.2) is 42.5 Å². The topological polar surface area (TPSA) is 105 Å². The highest BCUT2D eigenvalue weighted by Gasteiger charge is 2.31. The van der Waals surface area contributed by atoms with Crippen molar-refractivity contribution in [2.75, 3.05) is 19.6 Å². The Labute approximate surface area is 161 Å². The second kappa shape index (κ2) is 8.51. The van der Waals surface area contributed by atoms with Crippen LogP contribution in [0.3, 0.4) is 0 Å². The number of esters is 1. The van der Waals surface area contributed by atoms with Gasteiger partial charge in [-0.1, -0.05) is 42.5 Å². The molecule has 0 aliphatic carbocycles. The summed E-state index contributed by atoms with van der Waals surface area (Å²) in [6.07, 6.45) is -0.983. The van der Waals surface area contributed by atoms with Gasteiger partial charge in [-0.25, -0.2) is 4.79 Å². The molecule has 146 valence electrons. The molecule has 4 amide bonds. The lowest BCUT2D eigenvalue weighted by Crippen LogP contribution is -2.43. The van der Waals surface area contributed by atoms with E-state index in [-0.39, 0.29) is 25.4 Å². The van der Waals surface area contributed by atoms with E-state index in [4.69, 9.17) is 4.74 Å². The monoisotopic (exact) mass is 383 g/mol. The molecule has 1 atom stereocenters. The van der Waals surface area contributed by atoms with E-state index >= 15 is 0 Å². The van der Waals surface area contributed by atoms with Crippen molar-refractivity contribution in [2.24, 2.45) is 0 Å². The minimum absolute atomic E-state index is 0.122. The summed E-state index contributed by atoms with van der Waals surface area (Å²) in [5.41, 5.74) is 0.854. The number of nitrogens with zero attached hydrogens (tertiary/aromatic N) is 1. The maximum Gasteiger partial charge on any atom is 0.326 e. The minimum Gasteiger partial charge on any atom is -0.451 e. The van der Waals surface area contributed by atoms with Gasteiger partial charge in [0.15, 0.2) is 6.10 Å². The number of carbonyl (C=O) groups excluding carboxylic acids is 4. The number of ether oxygens (including phenoxy) is 1. The second-order valence-corrected chi connectivity index (χ2v) is 6.45. The van der Waals surface area contributed by atoms with E-state index < -0.39 is 24.0 Å². The summed E-state index contributed by atoms with van der Waals surface area (Å²) >= 11 is 0. The molecule has 1 heterocycles. The van der Waals surface area contributed by atoms with E-state index in [1.165, 1.54) is 6.92 Å². The van der Waals surface area contributed by atoms with Gasteiger partial charge in [0.05, 0.1) is 6.42 Å². The Morgan fingerprint density at radius 2 is 1.93 bits per heavy atom. The number of urea groups is 1. The van der Waals surface area contributed by atoms with Crippen LogP contribution in [0.25, 0.3) is 10.8 Å². The summed E-state index contributed by atoms with van der Waals surface area (Å²) in [7, 11) is 0. The van der Waals surface area contributed by atoms with Crippen LogP contribution in [0.4, 0.5) is 4.79 Å². The molecule has 0 radical (unpaired) electrons. The zero-order valence-corrected chi connectivity index (χ0v) is 15.4. The van der Waals surface area contributed by atoms with E-state index in [2.05, 4.69) is 10.6 Å². The molecule has 2 aromatic rings. The molecule has 1 fully saturated rings. The van der Waals surface area contributed by atoms with Gasteiger partial charge in [0.2, 0.25) is 5.91 Å². The minimum atomic E-state index is -1.11. The second-order valence-electron chi connectivity index (χ2n) is 6.45. The van der Waals surface area contributed by atoms with Gasteiger partial charge in [-0.2, -0.15) is 0 Å². The molecule has 28 heavy (non-hydrogen) atoms. The molecular formula is C20H21N3O5. The molecule has 1 aliphatic heterocycles. The van der Waals surface area contributed by atoms with Crippen LogP contribution in [-0.4, -0.2) is 54.5 Å². The number of imide groups is 1. The predicted octanol–water partition coefficient (Wildman–Crippen LogP) is 0.982. The van der Waals surface area contributed by atoms with Gasteiger partial charge in [0.25, 0.3) is 5.91 Å². The summed E-state index contributed by atoms with van der Waals surface area (Å²) in [6.45, 7) is 1.65. The Morgan fingerprint density at radius 3 is 2.68 bits per heavy atom. The number of carbonyl (C=O) groups is 4. The molecule has 0 aromatic heterocycles. The molecule has 0 saturated carbocycles. The molecule has 0 spiro atoms. The van der Waals surface area contributed by atoms with Crippen LogP contribution in [0.5, 0.6) is 0 Å². The maximum atomic E-state index is 12.2. The fourth-order valence-corrected chi connectivity index (χ4v) is 3.04. The molecule has 8 heteroatoms. The molecule has 1 aliphatic rings. The van der Waals surface area contributed by atoms with E-state index in [0.29, 0.717) is 6.54 Å². The van der Waals surface area contributed by atoms with Crippen molar-refractivity contribution in [3.05, 3.63) is 48.0 Å². The van der Waals surface area contributed by atoms with Gasteiger partial charge in [0, 0.05) is 13.1 Å². The Balaban J connectivity index is 1.49. The molecular weight excluding hydrogens is 362 g/mol. The van der Waals surface area contributed by atoms with Crippen molar-refractivity contribution in [3.8, 4) is 0 Å². The lowest BCUT2D eigenvalue weighted by Gasteiger charge is -2.18. The van der Waals surface area contributed by atoms with Crippen molar-refractivity contribution >= 4 is 34.6 Å². The van der Waals surface area contributed by atoms with E-state index in [0.717, 1.165) is 21.2 Å². The zero-order chi connectivity index (χ0) is 20.1. The number of amides is 4. The van der Waals surface area contributed by atoms with Crippen LogP contribution in [0.2, 0.25) is 0 Å². The summed E-state index contributed by atoms with van der Waals surface area (Å²) in [5.74, 6) is -1.66. The predicted molar refractivity (Wildman–Crippen MR) is 101 cm³/mol. The summed E-state index contributed by atoms with van der Waals surface area (Å²) in [4.78, 5) is 48.7. The van der Waals surface area contributed by atoms with Crippen LogP contribution in [0, 0.1) is 0 Å². The standard InChI is InChI=1S/C20H21N3O5/c1-13(19(26)23-10-9-21-20(23)27)28-18(25)12-22-17(24)11-15-7-4-6-14-5-2-3-8-16(14)15/h2-8,13H,9-12H2,1H3,(H,21,27)(H,22,24)/t13-/m1/s1. The molecule has 1 saturated heterocycles. The van der Waals surface area contributed by atoms with Crippen LogP contribution >= 0.6 is 0 Å². The molecule has 0 bridgehead atoms. The number of nitrogens with one attached hydrogen (secondary N) is 2. The van der Waals surface area contributed by atoms with Crippen LogP contribution in [0.1, 0.15) is 12.5 Å². The van der Waals surface area contributed by atoms with Gasteiger partial charge in [-0.3, -0.25) is 19.3 Å². The number of hydrogen-bond donors (Lipinski definition) is 2. The van der Waals surface area contributed by atoms with Crippen molar-refractivity contribution in [3.63, 3.8) is 0 Å². The van der Waals surface area contributed by atoms with Crippen LogP contribution in [-0.2, 0) is 25.5 Å². The molecule has 0 unspecified atom stereocenters. The first-order chi connectivity index (χ1) is 13.5. The van der Waals surface area contributed by atoms with Crippen molar-refractivity contribution in [1.82, 2.24) is 15.5 Å². The number of benzene rings is 2. The third kappa shape index (κ3) is 4.46. The number of hydrogen-bond acceptors (Lipinski definition) is 5. The van der Waals surface area contributed by atoms with E-state index in [9.17, 15) is 19.2 Å². The molecule has 3 rings (SSSR count). The summed E-state index contributed by atoms with van der Waals surface area (Å²) in [5, 5.41) is 7.01. The number of rotatable bonds is 6. The van der Waals surface area contributed by atoms with Crippen molar-refractivity contribution < 1.29 is 23.9 Å². The Kier molecular flexibility index (Phi) is 5.88. The fraction of sp³-hybridized carbons (Fsp3) is 0.300. The molecule has 2 N–H and O–H groups in total. The van der Waals surface area contributed by atoms with Gasteiger partial charge in [0.1, 0.15) is 6.54 Å². The van der Waals surface area contributed by atoms with Gasteiger partial charge >= 0.3 is 12.0 Å². The SMILES string of the molecule is C[C@@H](OC(=O)CNC(=O)Cc1cccc2ccccc12)C(=O)N1CCNC1=O. The highest BCUT2D eigenvalue weighted by molar-refractivity contribution is 5.98. The average Bonchev–Trinajstić information content (AvgIpc) is 3.12. The van der Waals surface area contributed by atoms with Crippen molar-refractivity contribution in [1.29, 1.82) is 0 Å². The first-order valence-corrected chi connectivity index (χ1v) is 8.97. The van der Waals surface area contributed by atoms with Gasteiger partial charge in [-0.05, 0) is 23.3 Å². The molecule has 2 aromatic carbocycles. The van der Waals surface area contributed by atoms with E-state index in [1.54, 1.807) is 0 Å². The summed E-state index contributed by atoms with van der Waals surface area (Å²) in [6, 6.07) is 12.9. The smallest absolute Gasteiger partial charge is 0.326 e. The summed E-state index contributed by atoms with van der Waals surface area (Å²) < 4.78 is 5.02. The van der Waals surface area contributed by atoms with Crippen molar-refractivity contribution in [2.45, 2.75) is 19.4 Å². The Morgan fingerprint density at radius 1 is 1.18 bits per heavy atom.